The van der Waals surface area contributed by atoms with Gasteiger partial charge in [-0.15, -0.1) is 0 Å². The van der Waals surface area contributed by atoms with Gasteiger partial charge in [-0.25, -0.2) is 4.99 Å². The lowest BCUT2D eigenvalue weighted by Gasteiger charge is -2.25. The largest absolute Gasteiger partial charge is 0.363 e. The van der Waals surface area contributed by atoms with Crippen molar-refractivity contribution in [1.29, 1.82) is 0 Å². The van der Waals surface area contributed by atoms with Crippen LogP contribution >= 0.6 is 0 Å². The van der Waals surface area contributed by atoms with Gasteiger partial charge in [0.05, 0.1) is 0 Å². The highest BCUT2D eigenvalue weighted by atomic mass is 15.2. The van der Waals surface area contributed by atoms with E-state index in [-0.39, 0.29) is 0 Å². The molecular formula is C10H20N2. The van der Waals surface area contributed by atoms with Crippen LogP contribution in [-0.4, -0.2) is 24.3 Å². The minimum absolute atomic E-state index is 1.11. The van der Waals surface area contributed by atoms with E-state index in [2.05, 4.69) is 23.5 Å². The van der Waals surface area contributed by atoms with Crippen molar-refractivity contribution in [3.63, 3.8) is 0 Å². The number of aliphatic imine (C=N–C) groups is 1. The number of hydrogen-bond donors (Lipinski definition) is 0. The standard InChI is InChI=1S/C8H14N2.C2H6/c1-3-9-8-6-4-5-7-10(8)2;1-2/h3H,1,4-7H2,2H3;1-2H3. The van der Waals surface area contributed by atoms with Crippen LogP contribution in [0.25, 0.3) is 0 Å². The molecule has 1 heterocycles. The summed E-state index contributed by atoms with van der Waals surface area (Å²) in [4.78, 5) is 6.37. The van der Waals surface area contributed by atoms with Gasteiger partial charge in [0.1, 0.15) is 5.84 Å². The van der Waals surface area contributed by atoms with Gasteiger partial charge < -0.3 is 4.90 Å². The Hall–Kier alpha value is -0.790. The lowest BCUT2D eigenvalue weighted by Crippen LogP contribution is -2.31. The third-order valence-corrected chi connectivity index (χ3v) is 1.82. The fraction of sp³-hybridized carbons (Fsp3) is 0.700. The number of rotatable bonds is 1. The fourth-order valence-electron chi connectivity index (χ4n) is 1.22. The van der Waals surface area contributed by atoms with Gasteiger partial charge in [-0.1, -0.05) is 20.4 Å². The van der Waals surface area contributed by atoms with Crippen molar-refractivity contribution in [1.82, 2.24) is 4.90 Å². The van der Waals surface area contributed by atoms with Crippen molar-refractivity contribution in [3.05, 3.63) is 12.8 Å². The van der Waals surface area contributed by atoms with Gasteiger partial charge in [-0.2, -0.15) is 0 Å². The van der Waals surface area contributed by atoms with Crippen molar-refractivity contribution in [2.24, 2.45) is 4.99 Å². The first-order valence-electron chi connectivity index (χ1n) is 4.73. The van der Waals surface area contributed by atoms with E-state index in [1.807, 2.05) is 13.8 Å². The predicted octanol–water partition coefficient (Wildman–Crippen LogP) is 2.67. The van der Waals surface area contributed by atoms with Crippen LogP contribution in [0.3, 0.4) is 0 Å². The van der Waals surface area contributed by atoms with Gasteiger partial charge >= 0.3 is 0 Å². The maximum atomic E-state index is 4.17. The van der Waals surface area contributed by atoms with Crippen LogP contribution in [0.2, 0.25) is 0 Å². The summed E-state index contributed by atoms with van der Waals surface area (Å²) in [7, 11) is 2.08. The quantitative estimate of drug-likeness (QED) is 0.587. The summed E-state index contributed by atoms with van der Waals surface area (Å²) in [5, 5.41) is 0. The normalized spacial score (nSPS) is 19.9. The maximum Gasteiger partial charge on any atom is 0.104 e. The SMILES string of the molecule is C=CN=C1CCCCN1C.CC. The summed E-state index contributed by atoms with van der Waals surface area (Å²) in [5.74, 6) is 1.18. The van der Waals surface area contributed by atoms with E-state index in [0.29, 0.717) is 0 Å². The molecule has 0 atom stereocenters. The highest BCUT2D eigenvalue weighted by Gasteiger charge is 2.10. The number of amidine groups is 1. The van der Waals surface area contributed by atoms with Crippen LogP contribution in [0, 0.1) is 0 Å². The van der Waals surface area contributed by atoms with E-state index in [9.17, 15) is 0 Å². The average Bonchev–Trinajstić information content (AvgIpc) is 2.13. The minimum Gasteiger partial charge on any atom is -0.363 e. The highest BCUT2D eigenvalue weighted by molar-refractivity contribution is 5.83. The second kappa shape index (κ2) is 6.89. The molecule has 12 heavy (non-hydrogen) atoms. The molecule has 0 spiro atoms. The van der Waals surface area contributed by atoms with Gasteiger partial charge in [0.15, 0.2) is 0 Å². The molecule has 0 aliphatic carbocycles. The van der Waals surface area contributed by atoms with Crippen LogP contribution in [-0.2, 0) is 0 Å². The Morgan fingerprint density at radius 3 is 2.58 bits per heavy atom. The topological polar surface area (TPSA) is 15.6 Å². The molecule has 2 nitrogen and oxygen atoms in total. The van der Waals surface area contributed by atoms with Crippen molar-refractivity contribution in [2.45, 2.75) is 33.1 Å². The van der Waals surface area contributed by atoms with Gasteiger partial charge in [0, 0.05) is 26.2 Å². The smallest absolute Gasteiger partial charge is 0.104 e. The molecule has 0 aromatic rings. The molecule has 0 N–H and O–H groups in total. The lowest BCUT2D eigenvalue weighted by atomic mass is 10.1. The predicted molar refractivity (Wildman–Crippen MR) is 55.5 cm³/mol. The van der Waals surface area contributed by atoms with Crippen molar-refractivity contribution in [2.75, 3.05) is 13.6 Å². The van der Waals surface area contributed by atoms with Crippen LogP contribution in [0.1, 0.15) is 33.1 Å². The van der Waals surface area contributed by atoms with Crippen LogP contribution in [0.5, 0.6) is 0 Å². The summed E-state index contributed by atoms with van der Waals surface area (Å²) in [6, 6.07) is 0. The first-order valence-corrected chi connectivity index (χ1v) is 4.73. The van der Waals surface area contributed by atoms with Crippen molar-refractivity contribution >= 4 is 5.84 Å². The molecule has 0 amide bonds. The van der Waals surface area contributed by atoms with Crippen molar-refractivity contribution in [3.8, 4) is 0 Å². The molecule has 0 aromatic carbocycles. The van der Waals surface area contributed by atoms with E-state index in [1.54, 1.807) is 6.20 Å². The summed E-state index contributed by atoms with van der Waals surface area (Å²) in [6.07, 6.45) is 5.31. The molecule has 70 valence electrons. The van der Waals surface area contributed by atoms with Gasteiger partial charge in [-0.05, 0) is 12.8 Å². The Balaban J connectivity index is 0.000000561. The van der Waals surface area contributed by atoms with Crippen LogP contribution in [0.4, 0.5) is 0 Å². The lowest BCUT2D eigenvalue weighted by molar-refractivity contribution is 0.434. The Morgan fingerprint density at radius 1 is 1.42 bits per heavy atom. The minimum atomic E-state index is 1.11. The first-order chi connectivity index (χ1) is 5.84. The molecule has 0 bridgehead atoms. The zero-order chi connectivity index (χ0) is 9.40. The van der Waals surface area contributed by atoms with Crippen LogP contribution < -0.4 is 0 Å². The number of likely N-dealkylation sites (tertiary alicyclic amines) is 1. The van der Waals surface area contributed by atoms with Gasteiger partial charge in [0.25, 0.3) is 0 Å². The zero-order valence-electron chi connectivity index (χ0n) is 8.51. The zero-order valence-corrected chi connectivity index (χ0v) is 8.51. The second-order valence-corrected chi connectivity index (χ2v) is 2.61. The molecular weight excluding hydrogens is 148 g/mol. The molecule has 1 aliphatic rings. The number of piperidine rings is 1. The fourth-order valence-corrected chi connectivity index (χ4v) is 1.22. The third kappa shape index (κ3) is 3.56. The summed E-state index contributed by atoms with van der Waals surface area (Å²) in [6.45, 7) is 8.72. The van der Waals surface area contributed by atoms with Gasteiger partial charge in [0.2, 0.25) is 0 Å². The van der Waals surface area contributed by atoms with E-state index in [1.165, 1.54) is 18.7 Å². The number of hydrogen-bond acceptors (Lipinski definition) is 1. The Bertz CT molecular complexity index is 150. The summed E-state index contributed by atoms with van der Waals surface area (Å²) < 4.78 is 0. The summed E-state index contributed by atoms with van der Waals surface area (Å²) in [5.41, 5.74) is 0. The molecule has 2 heteroatoms. The molecule has 1 rings (SSSR count). The second-order valence-electron chi connectivity index (χ2n) is 2.61. The van der Waals surface area contributed by atoms with E-state index in [0.717, 1.165) is 13.0 Å². The molecule has 1 aliphatic heterocycles. The molecule has 1 saturated heterocycles. The Morgan fingerprint density at radius 2 is 2.08 bits per heavy atom. The summed E-state index contributed by atoms with van der Waals surface area (Å²) >= 11 is 0. The molecule has 0 unspecified atom stereocenters. The molecule has 0 aromatic heterocycles. The molecule has 0 radical (unpaired) electrons. The number of nitrogens with zero attached hydrogens (tertiary/aromatic N) is 2. The van der Waals surface area contributed by atoms with E-state index >= 15 is 0 Å². The van der Waals surface area contributed by atoms with E-state index < -0.39 is 0 Å². The monoisotopic (exact) mass is 168 g/mol. The third-order valence-electron chi connectivity index (χ3n) is 1.82. The average molecular weight is 168 g/mol. The Labute approximate surface area is 76.0 Å². The first kappa shape index (κ1) is 11.2. The Kier molecular flexibility index (Phi) is 6.44. The van der Waals surface area contributed by atoms with E-state index in [4.69, 9.17) is 0 Å². The maximum absolute atomic E-state index is 4.17. The van der Waals surface area contributed by atoms with Crippen molar-refractivity contribution < 1.29 is 0 Å². The van der Waals surface area contributed by atoms with Crippen LogP contribution in [0.15, 0.2) is 17.8 Å². The molecule has 1 fully saturated rings. The van der Waals surface area contributed by atoms with Gasteiger partial charge in [-0.3, -0.25) is 0 Å². The molecule has 0 saturated carbocycles. The highest BCUT2D eigenvalue weighted by Crippen LogP contribution is 2.09.